The van der Waals surface area contributed by atoms with E-state index in [0.717, 1.165) is 17.7 Å². The number of amides is 1. The molecule has 3 rings (SSSR count). The Labute approximate surface area is 135 Å². The molecule has 0 bridgehead atoms. The first-order valence-corrected chi connectivity index (χ1v) is 7.67. The number of ether oxygens (including phenoxy) is 1. The second-order valence-corrected chi connectivity index (χ2v) is 5.67. The number of H-pyrrole nitrogens is 1. The van der Waals surface area contributed by atoms with E-state index in [9.17, 15) is 4.79 Å². The molecule has 0 unspecified atom stereocenters. The number of hydrogen-bond acceptors (Lipinski definition) is 2. The van der Waals surface area contributed by atoms with Crippen LogP contribution in [0.4, 0.5) is 0 Å². The van der Waals surface area contributed by atoms with Crippen molar-refractivity contribution in [3.8, 4) is 5.75 Å². The molecule has 3 aromatic rings. The normalized spacial score (nSPS) is 12.1. The zero-order valence-corrected chi connectivity index (χ0v) is 13.3. The zero-order chi connectivity index (χ0) is 16.2. The maximum atomic E-state index is 12.3. The summed E-state index contributed by atoms with van der Waals surface area (Å²) >= 11 is 0. The lowest BCUT2D eigenvalue weighted by molar-refractivity contribution is 0.0940. The maximum absolute atomic E-state index is 12.3. The molecule has 1 amide bonds. The summed E-state index contributed by atoms with van der Waals surface area (Å²) in [6.07, 6.45) is 2.80. The number of fused-ring (bicyclic) bond motifs is 1. The number of benzene rings is 2. The van der Waals surface area contributed by atoms with Gasteiger partial charge in [0.1, 0.15) is 5.75 Å². The van der Waals surface area contributed by atoms with Crippen molar-refractivity contribution < 1.29 is 9.53 Å². The molecule has 0 aliphatic rings. The van der Waals surface area contributed by atoms with Crippen LogP contribution in [0.25, 0.3) is 10.9 Å². The Bertz CT molecular complexity index is 806. The van der Waals surface area contributed by atoms with Gasteiger partial charge in [-0.25, -0.2) is 0 Å². The van der Waals surface area contributed by atoms with Crippen LogP contribution >= 0.6 is 0 Å². The monoisotopic (exact) mass is 308 g/mol. The lowest BCUT2D eigenvalue weighted by Crippen LogP contribution is -2.34. The van der Waals surface area contributed by atoms with E-state index in [-0.39, 0.29) is 11.9 Å². The minimum Gasteiger partial charge on any atom is -0.497 e. The first-order chi connectivity index (χ1) is 11.2. The minimum absolute atomic E-state index is 0.0452. The van der Waals surface area contributed by atoms with E-state index in [0.29, 0.717) is 5.56 Å². The zero-order valence-electron chi connectivity index (χ0n) is 13.3. The van der Waals surface area contributed by atoms with Crippen molar-refractivity contribution in [3.63, 3.8) is 0 Å². The third kappa shape index (κ3) is 3.37. The molecule has 1 aromatic heterocycles. The van der Waals surface area contributed by atoms with Crippen LogP contribution in [0.2, 0.25) is 0 Å². The number of carbonyl (C=O) groups excluding carboxylic acids is 1. The molecule has 23 heavy (non-hydrogen) atoms. The topological polar surface area (TPSA) is 54.1 Å². The number of para-hydroxylation sites is 1. The first-order valence-electron chi connectivity index (χ1n) is 7.67. The summed E-state index contributed by atoms with van der Waals surface area (Å²) in [6, 6.07) is 15.4. The molecule has 0 fully saturated rings. The molecule has 4 nitrogen and oxygen atoms in total. The molecule has 2 N–H and O–H groups in total. The molecule has 2 aromatic carbocycles. The molecule has 0 aliphatic carbocycles. The fraction of sp³-hybridized carbons (Fsp3) is 0.211. The number of carbonyl (C=O) groups is 1. The maximum Gasteiger partial charge on any atom is 0.251 e. The van der Waals surface area contributed by atoms with Crippen molar-refractivity contribution in [2.24, 2.45) is 0 Å². The molecular weight excluding hydrogens is 288 g/mol. The second-order valence-electron chi connectivity index (χ2n) is 5.67. The SMILES string of the molecule is COc1ccc(C(=O)N[C@H](C)Cc2c[nH]c3ccccc23)cc1. The lowest BCUT2D eigenvalue weighted by Gasteiger charge is -2.14. The molecule has 4 heteroatoms. The molecule has 118 valence electrons. The molecule has 1 heterocycles. The Balaban J connectivity index is 1.66. The van der Waals surface area contributed by atoms with Gasteiger partial charge in [0, 0.05) is 28.7 Å². The van der Waals surface area contributed by atoms with E-state index in [1.807, 2.05) is 25.3 Å². The van der Waals surface area contributed by atoms with Gasteiger partial charge in [0.2, 0.25) is 0 Å². The largest absolute Gasteiger partial charge is 0.497 e. The molecule has 0 saturated heterocycles. The summed E-state index contributed by atoms with van der Waals surface area (Å²) in [7, 11) is 1.61. The van der Waals surface area contributed by atoms with E-state index < -0.39 is 0 Å². The van der Waals surface area contributed by atoms with E-state index >= 15 is 0 Å². The molecule has 1 atom stereocenters. The lowest BCUT2D eigenvalue weighted by atomic mass is 10.1. The standard InChI is InChI=1S/C19H20N2O2/c1-13(11-15-12-20-18-6-4-3-5-17(15)18)21-19(22)14-7-9-16(23-2)10-8-14/h3-10,12-13,20H,11H2,1-2H3,(H,21,22)/t13-/m1/s1. The number of aromatic amines is 1. The van der Waals surface area contributed by atoms with Gasteiger partial charge in [-0.2, -0.15) is 0 Å². The number of nitrogens with one attached hydrogen (secondary N) is 2. The Morgan fingerprint density at radius 2 is 1.91 bits per heavy atom. The van der Waals surface area contributed by atoms with Crippen LogP contribution in [-0.4, -0.2) is 24.0 Å². The van der Waals surface area contributed by atoms with Gasteiger partial charge < -0.3 is 15.0 Å². The Hall–Kier alpha value is -2.75. The molecule has 0 saturated carbocycles. The summed E-state index contributed by atoms with van der Waals surface area (Å²) in [6.45, 7) is 2.02. The van der Waals surface area contributed by atoms with Gasteiger partial charge in [0.05, 0.1) is 7.11 Å². The molecule has 0 radical (unpaired) electrons. The van der Waals surface area contributed by atoms with Gasteiger partial charge in [0.25, 0.3) is 5.91 Å². The highest BCUT2D eigenvalue weighted by Gasteiger charge is 2.12. The van der Waals surface area contributed by atoms with E-state index in [1.54, 1.807) is 31.4 Å². The van der Waals surface area contributed by atoms with Crippen molar-refractivity contribution in [1.82, 2.24) is 10.3 Å². The van der Waals surface area contributed by atoms with Crippen LogP contribution in [0, 0.1) is 0 Å². The first kappa shape index (κ1) is 15.2. The Morgan fingerprint density at radius 3 is 2.65 bits per heavy atom. The summed E-state index contributed by atoms with van der Waals surface area (Å²) in [5.74, 6) is 0.674. The average Bonchev–Trinajstić information content (AvgIpc) is 2.98. The van der Waals surface area contributed by atoms with Crippen LogP contribution in [0.1, 0.15) is 22.8 Å². The van der Waals surface area contributed by atoms with Crippen LogP contribution in [0.3, 0.4) is 0 Å². The number of aromatic nitrogens is 1. The summed E-state index contributed by atoms with van der Waals surface area (Å²) in [5.41, 5.74) is 2.97. The van der Waals surface area contributed by atoms with Gasteiger partial charge in [0.15, 0.2) is 0 Å². The van der Waals surface area contributed by atoms with E-state index in [4.69, 9.17) is 4.74 Å². The van der Waals surface area contributed by atoms with Crippen molar-refractivity contribution in [2.45, 2.75) is 19.4 Å². The highest BCUT2D eigenvalue weighted by Crippen LogP contribution is 2.19. The second kappa shape index (κ2) is 6.57. The molecular formula is C19H20N2O2. The van der Waals surface area contributed by atoms with E-state index in [2.05, 4.69) is 22.4 Å². The minimum atomic E-state index is -0.0694. The smallest absolute Gasteiger partial charge is 0.251 e. The van der Waals surface area contributed by atoms with Crippen molar-refractivity contribution in [2.75, 3.05) is 7.11 Å². The average molecular weight is 308 g/mol. The summed E-state index contributed by atoms with van der Waals surface area (Å²) < 4.78 is 5.11. The molecule has 0 spiro atoms. The quantitative estimate of drug-likeness (QED) is 0.757. The van der Waals surface area contributed by atoms with Gasteiger partial charge in [-0.3, -0.25) is 4.79 Å². The third-order valence-corrected chi connectivity index (χ3v) is 3.93. The van der Waals surface area contributed by atoms with Crippen LogP contribution in [-0.2, 0) is 6.42 Å². The van der Waals surface area contributed by atoms with Crippen molar-refractivity contribution >= 4 is 16.8 Å². The van der Waals surface area contributed by atoms with Gasteiger partial charge in [-0.15, -0.1) is 0 Å². The van der Waals surface area contributed by atoms with Crippen molar-refractivity contribution in [1.29, 1.82) is 0 Å². The van der Waals surface area contributed by atoms with Gasteiger partial charge >= 0.3 is 0 Å². The fourth-order valence-electron chi connectivity index (χ4n) is 2.73. The number of rotatable bonds is 5. The molecule has 0 aliphatic heterocycles. The van der Waals surface area contributed by atoms with Gasteiger partial charge in [-0.1, -0.05) is 18.2 Å². The summed E-state index contributed by atoms with van der Waals surface area (Å²) in [5, 5.41) is 4.25. The van der Waals surface area contributed by atoms with Crippen LogP contribution in [0.15, 0.2) is 54.7 Å². The third-order valence-electron chi connectivity index (χ3n) is 3.93. The van der Waals surface area contributed by atoms with E-state index in [1.165, 1.54) is 10.9 Å². The van der Waals surface area contributed by atoms with Gasteiger partial charge in [-0.05, 0) is 49.2 Å². The number of hydrogen-bond donors (Lipinski definition) is 2. The van der Waals surface area contributed by atoms with Crippen LogP contribution in [0.5, 0.6) is 5.75 Å². The van der Waals surface area contributed by atoms with Crippen molar-refractivity contribution in [3.05, 3.63) is 65.9 Å². The highest BCUT2D eigenvalue weighted by atomic mass is 16.5. The highest BCUT2D eigenvalue weighted by molar-refractivity contribution is 5.94. The Kier molecular flexibility index (Phi) is 4.33. The predicted octanol–water partition coefficient (Wildman–Crippen LogP) is 3.54. The summed E-state index contributed by atoms with van der Waals surface area (Å²) in [4.78, 5) is 15.6. The van der Waals surface area contributed by atoms with Crippen LogP contribution < -0.4 is 10.1 Å². The number of methoxy groups -OCH3 is 1. The predicted molar refractivity (Wildman–Crippen MR) is 91.9 cm³/mol. The fourth-order valence-corrected chi connectivity index (χ4v) is 2.73. The Morgan fingerprint density at radius 1 is 1.17 bits per heavy atom.